The second-order valence-electron chi connectivity index (χ2n) is 2.45. The lowest BCUT2D eigenvalue weighted by Gasteiger charge is -2.16. The minimum Gasteiger partial charge on any atom is -0.390 e. The van der Waals surface area contributed by atoms with Crippen LogP contribution in [0, 0.1) is 0 Å². The van der Waals surface area contributed by atoms with E-state index in [0.29, 0.717) is 0 Å². The molecule has 0 aliphatic heterocycles. The van der Waals surface area contributed by atoms with Gasteiger partial charge in [-0.05, 0) is 13.8 Å². The van der Waals surface area contributed by atoms with Gasteiger partial charge in [-0.2, -0.15) is 0 Å². The maximum absolute atomic E-state index is 8.80. The average Bonchev–Trinajstić information content (AvgIpc) is 2.55. The zero-order chi connectivity index (χ0) is 8.97. The summed E-state index contributed by atoms with van der Waals surface area (Å²) in [6.07, 6.45) is 0. The van der Waals surface area contributed by atoms with Crippen LogP contribution in [0.3, 0.4) is 0 Å². The van der Waals surface area contributed by atoms with Crippen molar-refractivity contribution in [3.63, 3.8) is 0 Å². The lowest BCUT2D eigenvalue weighted by molar-refractivity contribution is 0.277. The van der Waals surface area contributed by atoms with E-state index in [1.807, 2.05) is 5.38 Å². The van der Waals surface area contributed by atoms with E-state index in [1.165, 1.54) is 0 Å². The molecule has 0 saturated carbocycles. The number of rotatable bonds is 4. The first kappa shape index (κ1) is 9.48. The molecule has 1 aromatic heterocycles. The molecule has 0 fully saturated rings. The van der Waals surface area contributed by atoms with Crippen LogP contribution in [0.4, 0.5) is 5.13 Å². The molecule has 0 spiro atoms. The third kappa shape index (κ3) is 1.95. The average molecular weight is 186 g/mol. The SMILES string of the molecule is CCN(CC)c1nc(CO)cs1. The van der Waals surface area contributed by atoms with E-state index in [9.17, 15) is 0 Å². The van der Waals surface area contributed by atoms with Crippen molar-refractivity contribution >= 4 is 16.5 Å². The van der Waals surface area contributed by atoms with Gasteiger partial charge in [0.2, 0.25) is 0 Å². The summed E-state index contributed by atoms with van der Waals surface area (Å²) in [6, 6.07) is 0. The van der Waals surface area contributed by atoms with Crippen LogP contribution < -0.4 is 4.90 Å². The van der Waals surface area contributed by atoms with Gasteiger partial charge in [0.25, 0.3) is 0 Å². The molecule has 0 saturated heterocycles. The molecule has 1 rings (SSSR count). The Balaban J connectivity index is 2.72. The summed E-state index contributed by atoms with van der Waals surface area (Å²) < 4.78 is 0. The van der Waals surface area contributed by atoms with Crippen LogP contribution in [-0.4, -0.2) is 23.2 Å². The number of aliphatic hydroxyl groups is 1. The molecule has 0 aliphatic carbocycles. The second kappa shape index (κ2) is 4.42. The summed E-state index contributed by atoms with van der Waals surface area (Å²) in [5.41, 5.74) is 0.766. The van der Waals surface area contributed by atoms with Crippen LogP contribution in [-0.2, 0) is 6.61 Å². The number of nitrogens with zero attached hydrogens (tertiary/aromatic N) is 2. The zero-order valence-corrected chi connectivity index (χ0v) is 8.27. The summed E-state index contributed by atoms with van der Waals surface area (Å²) in [4.78, 5) is 6.44. The Labute approximate surface area is 76.7 Å². The van der Waals surface area contributed by atoms with Crippen LogP contribution >= 0.6 is 11.3 Å². The number of thiazole rings is 1. The third-order valence-corrected chi connectivity index (χ3v) is 2.69. The molecule has 12 heavy (non-hydrogen) atoms. The molecule has 1 aromatic rings. The van der Waals surface area contributed by atoms with E-state index < -0.39 is 0 Å². The van der Waals surface area contributed by atoms with Gasteiger partial charge in [0.05, 0.1) is 12.3 Å². The Morgan fingerprint density at radius 2 is 2.17 bits per heavy atom. The molecule has 0 amide bonds. The standard InChI is InChI=1S/C8H14N2OS/c1-3-10(4-2)8-9-7(5-11)6-12-8/h6,11H,3-5H2,1-2H3. The Morgan fingerprint density at radius 1 is 1.50 bits per heavy atom. The summed E-state index contributed by atoms with van der Waals surface area (Å²) in [6.45, 7) is 6.18. The van der Waals surface area contributed by atoms with Crippen LogP contribution in [0.2, 0.25) is 0 Å². The molecule has 4 heteroatoms. The van der Waals surface area contributed by atoms with Gasteiger partial charge in [-0.1, -0.05) is 0 Å². The van der Waals surface area contributed by atoms with E-state index in [1.54, 1.807) is 11.3 Å². The van der Waals surface area contributed by atoms with Gasteiger partial charge in [0, 0.05) is 18.5 Å². The van der Waals surface area contributed by atoms with Crippen molar-refractivity contribution in [1.29, 1.82) is 0 Å². The maximum atomic E-state index is 8.80. The van der Waals surface area contributed by atoms with Crippen molar-refractivity contribution in [2.45, 2.75) is 20.5 Å². The zero-order valence-electron chi connectivity index (χ0n) is 7.45. The van der Waals surface area contributed by atoms with Crippen LogP contribution in [0.15, 0.2) is 5.38 Å². The highest BCUT2D eigenvalue weighted by molar-refractivity contribution is 7.13. The molecule has 1 heterocycles. The highest BCUT2D eigenvalue weighted by Crippen LogP contribution is 2.19. The molecule has 0 bridgehead atoms. The molecular weight excluding hydrogens is 172 g/mol. The third-order valence-electron chi connectivity index (χ3n) is 1.74. The Bertz CT molecular complexity index is 233. The van der Waals surface area contributed by atoms with E-state index in [2.05, 4.69) is 23.7 Å². The van der Waals surface area contributed by atoms with Gasteiger partial charge in [-0.25, -0.2) is 4.98 Å². The second-order valence-corrected chi connectivity index (χ2v) is 3.29. The molecular formula is C8H14N2OS. The first-order chi connectivity index (χ1) is 5.81. The van der Waals surface area contributed by atoms with Crippen molar-refractivity contribution < 1.29 is 5.11 Å². The molecule has 68 valence electrons. The summed E-state index contributed by atoms with van der Waals surface area (Å²) in [7, 11) is 0. The fourth-order valence-electron chi connectivity index (χ4n) is 1.01. The van der Waals surface area contributed by atoms with Gasteiger partial charge < -0.3 is 10.0 Å². The van der Waals surface area contributed by atoms with E-state index >= 15 is 0 Å². The largest absolute Gasteiger partial charge is 0.390 e. The summed E-state index contributed by atoms with van der Waals surface area (Å²) >= 11 is 1.59. The molecule has 1 N–H and O–H groups in total. The Kier molecular flexibility index (Phi) is 3.49. The number of anilines is 1. The molecule has 0 unspecified atom stereocenters. The van der Waals surface area contributed by atoms with Crippen molar-refractivity contribution in [3.8, 4) is 0 Å². The van der Waals surface area contributed by atoms with E-state index in [4.69, 9.17) is 5.11 Å². The lowest BCUT2D eigenvalue weighted by atomic mass is 10.5. The van der Waals surface area contributed by atoms with Crippen molar-refractivity contribution in [2.24, 2.45) is 0 Å². The first-order valence-corrected chi connectivity index (χ1v) is 5.00. The predicted octanol–water partition coefficient (Wildman–Crippen LogP) is 1.48. The smallest absolute Gasteiger partial charge is 0.185 e. The highest BCUT2D eigenvalue weighted by Gasteiger charge is 2.05. The number of hydrogen-bond donors (Lipinski definition) is 1. The van der Waals surface area contributed by atoms with Gasteiger partial charge in [-0.15, -0.1) is 11.3 Å². The number of hydrogen-bond acceptors (Lipinski definition) is 4. The fraction of sp³-hybridized carbons (Fsp3) is 0.625. The molecule has 0 atom stereocenters. The van der Waals surface area contributed by atoms with Gasteiger partial charge in [0.1, 0.15) is 0 Å². The van der Waals surface area contributed by atoms with Crippen molar-refractivity contribution in [2.75, 3.05) is 18.0 Å². The number of aromatic nitrogens is 1. The highest BCUT2D eigenvalue weighted by atomic mass is 32.1. The topological polar surface area (TPSA) is 36.4 Å². The van der Waals surface area contributed by atoms with Crippen LogP contribution in [0.1, 0.15) is 19.5 Å². The van der Waals surface area contributed by atoms with E-state index in [-0.39, 0.29) is 6.61 Å². The maximum Gasteiger partial charge on any atom is 0.185 e. The monoisotopic (exact) mass is 186 g/mol. The van der Waals surface area contributed by atoms with Gasteiger partial charge in [-0.3, -0.25) is 0 Å². The summed E-state index contributed by atoms with van der Waals surface area (Å²) in [5, 5.41) is 11.7. The van der Waals surface area contributed by atoms with Gasteiger partial charge >= 0.3 is 0 Å². The fourth-order valence-corrected chi connectivity index (χ4v) is 1.95. The van der Waals surface area contributed by atoms with Crippen LogP contribution in [0.5, 0.6) is 0 Å². The predicted molar refractivity (Wildman–Crippen MR) is 51.6 cm³/mol. The lowest BCUT2D eigenvalue weighted by Crippen LogP contribution is -2.21. The van der Waals surface area contributed by atoms with Crippen molar-refractivity contribution in [3.05, 3.63) is 11.1 Å². The van der Waals surface area contributed by atoms with E-state index in [0.717, 1.165) is 23.9 Å². The molecule has 0 aromatic carbocycles. The number of aliphatic hydroxyl groups excluding tert-OH is 1. The van der Waals surface area contributed by atoms with Gasteiger partial charge in [0.15, 0.2) is 5.13 Å². The molecule has 0 aliphatic rings. The minimum absolute atomic E-state index is 0.0395. The Hall–Kier alpha value is -0.610. The minimum atomic E-state index is 0.0395. The summed E-state index contributed by atoms with van der Waals surface area (Å²) in [5.74, 6) is 0. The first-order valence-electron chi connectivity index (χ1n) is 4.12. The normalized spacial score (nSPS) is 10.2. The molecule has 3 nitrogen and oxygen atoms in total. The van der Waals surface area contributed by atoms with Crippen LogP contribution in [0.25, 0.3) is 0 Å². The quantitative estimate of drug-likeness (QED) is 0.773. The van der Waals surface area contributed by atoms with Crippen molar-refractivity contribution in [1.82, 2.24) is 4.98 Å². The molecule has 0 radical (unpaired) electrons. The Morgan fingerprint density at radius 3 is 2.58 bits per heavy atom.